The molecule has 0 bridgehead atoms. The van der Waals surface area contributed by atoms with Crippen LogP contribution < -0.4 is 5.32 Å². The Hall–Kier alpha value is -0.650. The molecule has 0 rings (SSSR count). The third-order valence-electron chi connectivity index (χ3n) is 6.92. The number of unbranched alkanes of at least 4 members (excludes halogenated alkanes) is 17. The van der Waals surface area contributed by atoms with Crippen LogP contribution >= 0.6 is 0 Å². The number of carbonyl (C=O) groups is 1. The van der Waals surface area contributed by atoms with Gasteiger partial charge in [-0.1, -0.05) is 136 Å². The zero-order valence-electron chi connectivity index (χ0n) is 22.7. The van der Waals surface area contributed by atoms with Gasteiger partial charge in [-0.05, 0) is 12.8 Å². The number of aliphatic hydroxyl groups is 3. The summed E-state index contributed by atoms with van der Waals surface area (Å²) in [7, 11) is 0. The topological polar surface area (TPSA) is 89.8 Å². The van der Waals surface area contributed by atoms with Crippen LogP contribution in [0.1, 0.15) is 155 Å². The summed E-state index contributed by atoms with van der Waals surface area (Å²) in [5, 5.41) is 32.8. The average molecular weight is 486 g/mol. The van der Waals surface area contributed by atoms with Crippen molar-refractivity contribution in [1.29, 1.82) is 0 Å². The van der Waals surface area contributed by atoms with Crippen LogP contribution in [-0.4, -0.2) is 46.1 Å². The fraction of sp³-hybridized carbons (Fsp3) is 0.966. The molecule has 1 amide bonds. The zero-order chi connectivity index (χ0) is 25.3. The van der Waals surface area contributed by atoms with Crippen molar-refractivity contribution in [2.45, 2.75) is 173 Å². The highest BCUT2D eigenvalue weighted by Gasteiger charge is 2.21. The molecular weight excluding hydrogens is 426 g/mol. The molecule has 0 radical (unpaired) electrons. The normalized spacial score (nSPS) is 14.1. The van der Waals surface area contributed by atoms with Gasteiger partial charge >= 0.3 is 0 Å². The summed E-state index contributed by atoms with van der Waals surface area (Å²) in [4.78, 5) is 12.2. The van der Waals surface area contributed by atoms with Crippen molar-refractivity contribution in [1.82, 2.24) is 5.32 Å². The summed E-state index contributed by atoms with van der Waals surface area (Å²) in [6, 6.07) is -0.647. The monoisotopic (exact) mass is 485 g/mol. The molecule has 34 heavy (non-hydrogen) atoms. The Labute approximate surface area is 211 Å². The summed E-state index contributed by atoms with van der Waals surface area (Å²) in [5.74, 6) is -0.290. The number of hydrogen-bond acceptors (Lipinski definition) is 4. The summed E-state index contributed by atoms with van der Waals surface area (Å²) < 4.78 is 0. The lowest BCUT2D eigenvalue weighted by Gasteiger charge is -2.23. The highest BCUT2D eigenvalue weighted by atomic mass is 16.3. The van der Waals surface area contributed by atoms with E-state index in [0.29, 0.717) is 12.8 Å². The van der Waals surface area contributed by atoms with Crippen LogP contribution in [0.15, 0.2) is 0 Å². The Morgan fingerprint density at radius 2 is 1.00 bits per heavy atom. The minimum atomic E-state index is -0.739. The molecule has 4 N–H and O–H groups in total. The second-order valence-corrected chi connectivity index (χ2v) is 10.4. The SMILES string of the molecule is CCCCCCCCCCCCCCCC(O)C(CO)NC(=O)CC(O)CCCCCCCC. The Morgan fingerprint density at radius 1 is 0.618 bits per heavy atom. The van der Waals surface area contributed by atoms with Gasteiger partial charge in [-0.2, -0.15) is 0 Å². The van der Waals surface area contributed by atoms with E-state index in [-0.39, 0.29) is 18.9 Å². The van der Waals surface area contributed by atoms with E-state index < -0.39 is 18.2 Å². The molecule has 0 saturated carbocycles. The second-order valence-electron chi connectivity index (χ2n) is 10.4. The van der Waals surface area contributed by atoms with E-state index in [1.54, 1.807) is 0 Å². The van der Waals surface area contributed by atoms with Gasteiger partial charge in [0.25, 0.3) is 0 Å². The van der Waals surface area contributed by atoms with Gasteiger partial charge in [-0.15, -0.1) is 0 Å². The molecule has 3 unspecified atom stereocenters. The number of nitrogens with one attached hydrogen (secondary N) is 1. The van der Waals surface area contributed by atoms with E-state index in [9.17, 15) is 20.1 Å². The van der Waals surface area contributed by atoms with Crippen molar-refractivity contribution in [2.75, 3.05) is 6.61 Å². The maximum absolute atomic E-state index is 12.2. The first-order chi connectivity index (χ1) is 16.5. The first kappa shape index (κ1) is 33.4. The largest absolute Gasteiger partial charge is 0.394 e. The molecule has 0 heterocycles. The number of rotatable bonds is 26. The van der Waals surface area contributed by atoms with Gasteiger partial charge < -0.3 is 20.6 Å². The highest BCUT2D eigenvalue weighted by Crippen LogP contribution is 2.15. The van der Waals surface area contributed by atoms with Crippen molar-refractivity contribution in [3.05, 3.63) is 0 Å². The van der Waals surface area contributed by atoms with Gasteiger partial charge in [0.15, 0.2) is 0 Å². The minimum Gasteiger partial charge on any atom is -0.394 e. The lowest BCUT2D eigenvalue weighted by Crippen LogP contribution is -2.46. The van der Waals surface area contributed by atoms with Crippen molar-refractivity contribution in [2.24, 2.45) is 0 Å². The van der Waals surface area contributed by atoms with Gasteiger partial charge in [0.05, 0.1) is 31.3 Å². The maximum Gasteiger partial charge on any atom is 0.222 e. The van der Waals surface area contributed by atoms with Gasteiger partial charge in [0.2, 0.25) is 5.91 Å². The van der Waals surface area contributed by atoms with Crippen molar-refractivity contribution >= 4 is 5.91 Å². The fourth-order valence-corrected chi connectivity index (χ4v) is 4.58. The van der Waals surface area contributed by atoms with Gasteiger partial charge in [0, 0.05) is 0 Å². The summed E-state index contributed by atoms with van der Waals surface area (Å²) in [6.07, 6.45) is 23.5. The molecule has 204 valence electrons. The molecule has 5 heteroatoms. The van der Waals surface area contributed by atoms with Crippen molar-refractivity contribution < 1.29 is 20.1 Å². The summed E-state index contributed by atoms with van der Waals surface area (Å²) >= 11 is 0. The molecule has 0 saturated heterocycles. The summed E-state index contributed by atoms with van der Waals surface area (Å²) in [6.45, 7) is 4.17. The first-order valence-electron chi connectivity index (χ1n) is 14.8. The van der Waals surface area contributed by atoms with E-state index in [2.05, 4.69) is 19.2 Å². The molecule has 0 aromatic rings. The fourth-order valence-electron chi connectivity index (χ4n) is 4.58. The second kappa shape index (κ2) is 25.4. The van der Waals surface area contributed by atoms with E-state index in [4.69, 9.17) is 0 Å². The van der Waals surface area contributed by atoms with Crippen molar-refractivity contribution in [3.63, 3.8) is 0 Å². The van der Waals surface area contributed by atoms with Crippen molar-refractivity contribution in [3.8, 4) is 0 Å². The van der Waals surface area contributed by atoms with Crippen LogP contribution in [0, 0.1) is 0 Å². The Balaban J connectivity index is 3.71. The van der Waals surface area contributed by atoms with Crippen LogP contribution in [0.3, 0.4) is 0 Å². The van der Waals surface area contributed by atoms with Crippen LogP contribution in [0.5, 0.6) is 0 Å². The molecule has 0 aliphatic heterocycles. The molecule has 3 atom stereocenters. The zero-order valence-corrected chi connectivity index (χ0v) is 22.7. The standard InChI is InChI=1S/C29H59NO4/c1-3-5-7-9-11-12-13-14-15-16-17-19-21-23-28(33)27(25-31)30-29(34)24-26(32)22-20-18-10-8-6-4-2/h26-28,31-33H,3-25H2,1-2H3,(H,30,34). The number of aliphatic hydroxyl groups excluding tert-OH is 3. The number of carbonyl (C=O) groups excluding carboxylic acids is 1. The van der Waals surface area contributed by atoms with Crippen LogP contribution in [0.2, 0.25) is 0 Å². The van der Waals surface area contributed by atoms with Crippen LogP contribution in [0.4, 0.5) is 0 Å². The third-order valence-corrected chi connectivity index (χ3v) is 6.92. The van der Waals surface area contributed by atoms with Crippen LogP contribution in [-0.2, 0) is 4.79 Å². The smallest absolute Gasteiger partial charge is 0.222 e. The van der Waals surface area contributed by atoms with Gasteiger partial charge in [0.1, 0.15) is 0 Å². The predicted octanol–water partition coefficient (Wildman–Crippen LogP) is 6.81. The number of amides is 1. The molecule has 5 nitrogen and oxygen atoms in total. The summed E-state index contributed by atoms with van der Waals surface area (Å²) in [5.41, 5.74) is 0. The van der Waals surface area contributed by atoms with Gasteiger partial charge in [-0.25, -0.2) is 0 Å². The Morgan fingerprint density at radius 3 is 1.41 bits per heavy atom. The first-order valence-corrected chi connectivity index (χ1v) is 14.8. The van der Waals surface area contributed by atoms with Gasteiger partial charge in [-0.3, -0.25) is 4.79 Å². The molecule has 0 aromatic heterocycles. The quantitative estimate of drug-likeness (QED) is 0.101. The van der Waals surface area contributed by atoms with E-state index in [1.165, 1.54) is 96.3 Å². The van der Waals surface area contributed by atoms with E-state index in [0.717, 1.165) is 25.7 Å². The lowest BCUT2D eigenvalue weighted by atomic mass is 10.0. The Kier molecular flexibility index (Phi) is 25.0. The minimum absolute atomic E-state index is 0.0386. The lowest BCUT2D eigenvalue weighted by molar-refractivity contribution is -0.125. The molecular formula is C29H59NO4. The Bertz CT molecular complexity index is 432. The molecule has 0 fully saturated rings. The molecule has 0 spiro atoms. The molecule has 0 aliphatic carbocycles. The number of hydrogen-bond donors (Lipinski definition) is 4. The molecule has 0 aromatic carbocycles. The third kappa shape index (κ3) is 21.9. The molecule has 0 aliphatic rings. The van der Waals surface area contributed by atoms with Crippen LogP contribution in [0.25, 0.3) is 0 Å². The van der Waals surface area contributed by atoms with E-state index >= 15 is 0 Å². The predicted molar refractivity (Wildman–Crippen MR) is 144 cm³/mol. The maximum atomic E-state index is 12.2. The highest BCUT2D eigenvalue weighted by molar-refractivity contribution is 5.76. The van der Waals surface area contributed by atoms with E-state index in [1.807, 2.05) is 0 Å². The average Bonchev–Trinajstić information content (AvgIpc) is 2.82.